The van der Waals surface area contributed by atoms with Crippen molar-refractivity contribution in [3.63, 3.8) is 0 Å². The zero-order valence-corrected chi connectivity index (χ0v) is 9.62. The van der Waals surface area contributed by atoms with Crippen molar-refractivity contribution >= 4 is 0 Å². The summed E-state index contributed by atoms with van der Waals surface area (Å²) in [6, 6.07) is 4.83. The highest BCUT2D eigenvalue weighted by Gasteiger charge is 2.43. The third-order valence-corrected chi connectivity index (χ3v) is 2.93. The van der Waals surface area contributed by atoms with E-state index in [9.17, 15) is 8.78 Å². The first-order valence-corrected chi connectivity index (χ1v) is 5.83. The number of nitrogens with one attached hydrogen (secondary N) is 1. The van der Waals surface area contributed by atoms with E-state index in [2.05, 4.69) is 14.8 Å². The van der Waals surface area contributed by atoms with Crippen molar-refractivity contribution in [1.82, 2.24) is 5.32 Å². The van der Waals surface area contributed by atoms with E-state index in [0.29, 0.717) is 13.0 Å². The maximum atomic E-state index is 12.8. The second-order valence-electron chi connectivity index (χ2n) is 4.35. The minimum Gasteiger partial charge on any atom is -0.395 e. The Morgan fingerprint density at radius 2 is 2.11 bits per heavy atom. The Morgan fingerprint density at radius 3 is 2.89 bits per heavy atom. The average Bonchev–Trinajstić information content (AvgIpc) is 2.63. The van der Waals surface area contributed by atoms with Gasteiger partial charge in [0.1, 0.15) is 0 Å². The number of ether oxygens (including phenoxy) is 3. The normalized spacial score (nSPS) is 25.1. The lowest BCUT2D eigenvalue weighted by Gasteiger charge is -2.23. The summed E-state index contributed by atoms with van der Waals surface area (Å²) < 4.78 is 40.0. The van der Waals surface area contributed by atoms with Crippen molar-refractivity contribution in [2.24, 2.45) is 0 Å². The summed E-state index contributed by atoms with van der Waals surface area (Å²) in [5, 5.41) is 3.22. The van der Waals surface area contributed by atoms with Crippen molar-refractivity contribution < 1.29 is 23.0 Å². The molecule has 1 aromatic carbocycles. The first-order valence-electron chi connectivity index (χ1n) is 5.83. The molecule has 0 aromatic heterocycles. The summed E-state index contributed by atoms with van der Waals surface area (Å²) in [6.07, 6.45) is -2.82. The molecule has 1 saturated heterocycles. The molecule has 6 heteroatoms. The molecule has 1 N–H and O–H groups in total. The van der Waals surface area contributed by atoms with Crippen LogP contribution in [-0.2, 0) is 11.2 Å². The molecule has 0 amide bonds. The molecular weight excluding hydrogens is 244 g/mol. The molecule has 0 spiro atoms. The highest BCUT2D eigenvalue weighted by molar-refractivity contribution is 5.45. The molecule has 0 bridgehead atoms. The molecule has 18 heavy (non-hydrogen) atoms. The van der Waals surface area contributed by atoms with Gasteiger partial charge in [-0.1, -0.05) is 6.07 Å². The topological polar surface area (TPSA) is 39.7 Å². The first kappa shape index (κ1) is 11.7. The number of rotatable bonds is 2. The van der Waals surface area contributed by atoms with Crippen LogP contribution in [-0.4, -0.2) is 32.1 Å². The number of halogens is 2. The van der Waals surface area contributed by atoms with Crippen molar-refractivity contribution in [3.05, 3.63) is 23.8 Å². The molecule has 1 fully saturated rings. The Morgan fingerprint density at radius 1 is 1.28 bits per heavy atom. The van der Waals surface area contributed by atoms with Gasteiger partial charge in [-0.3, -0.25) is 0 Å². The summed E-state index contributed by atoms with van der Waals surface area (Å²) in [7, 11) is 0. The molecule has 0 aliphatic carbocycles. The summed E-state index contributed by atoms with van der Waals surface area (Å²) in [4.78, 5) is 0. The second-order valence-corrected chi connectivity index (χ2v) is 4.35. The number of alkyl halides is 2. The smallest absolute Gasteiger partial charge is 0.395 e. The first-order chi connectivity index (χ1) is 8.62. The van der Waals surface area contributed by atoms with E-state index >= 15 is 0 Å². The molecule has 2 heterocycles. The molecule has 2 aliphatic rings. The van der Waals surface area contributed by atoms with Crippen LogP contribution in [0.25, 0.3) is 0 Å². The third-order valence-electron chi connectivity index (χ3n) is 2.93. The maximum absolute atomic E-state index is 12.8. The van der Waals surface area contributed by atoms with E-state index < -0.39 is 6.29 Å². The number of hydrogen-bond donors (Lipinski definition) is 1. The van der Waals surface area contributed by atoms with Crippen LogP contribution >= 0.6 is 0 Å². The van der Waals surface area contributed by atoms with Crippen LogP contribution < -0.4 is 14.8 Å². The zero-order valence-electron chi connectivity index (χ0n) is 9.62. The van der Waals surface area contributed by atoms with Crippen LogP contribution in [0.2, 0.25) is 0 Å². The van der Waals surface area contributed by atoms with Crippen molar-refractivity contribution in [2.75, 3.05) is 19.7 Å². The van der Waals surface area contributed by atoms with Gasteiger partial charge in [-0.25, -0.2) is 0 Å². The van der Waals surface area contributed by atoms with Crippen LogP contribution in [0.1, 0.15) is 5.56 Å². The van der Waals surface area contributed by atoms with E-state index in [4.69, 9.17) is 4.74 Å². The largest absolute Gasteiger partial charge is 0.586 e. The van der Waals surface area contributed by atoms with Gasteiger partial charge in [-0.05, 0) is 17.7 Å². The van der Waals surface area contributed by atoms with E-state index in [1.807, 2.05) is 0 Å². The van der Waals surface area contributed by atoms with E-state index in [1.54, 1.807) is 12.1 Å². The molecular formula is C12H13F2NO3. The van der Waals surface area contributed by atoms with Crippen LogP contribution in [0.5, 0.6) is 11.5 Å². The number of hydrogen-bond acceptors (Lipinski definition) is 4. The lowest BCUT2D eigenvalue weighted by atomic mass is 10.1. The van der Waals surface area contributed by atoms with Crippen molar-refractivity contribution in [3.8, 4) is 11.5 Å². The van der Waals surface area contributed by atoms with Gasteiger partial charge in [0, 0.05) is 19.5 Å². The van der Waals surface area contributed by atoms with Crippen molar-refractivity contribution in [2.45, 2.75) is 18.8 Å². The van der Waals surface area contributed by atoms with Crippen LogP contribution in [0, 0.1) is 0 Å². The van der Waals surface area contributed by atoms with Crippen molar-refractivity contribution in [1.29, 1.82) is 0 Å². The summed E-state index contributed by atoms with van der Waals surface area (Å²) in [5.74, 6) is 0.160. The molecule has 1 atom stereocenters. The lowest BCUT2D eigenvalue weighted by molar-refractivity contribution is -0.286. The van der Waals surface area contributed by atoms with Gasteiger partial charge in [0.25, 0.3) is 0 Å². The van der Waals surface area contributed by atoms with Crippen LogP contribution in [0.4, 0.5) is 8.78 Å². The Kier molecular flexibility index (Phi) is 2.83. The van der Waals surface area contributed by atoms with Crippen LogP contribution in [0.15, 0.2) is 18.2 Å². The van der Waals surface area contributed by atoms with E-state index in [0.717, 1.165) is 18.7 Å². The second kappa shape index (κ2) is 4.37. The minimum atomic E-state index is -3.55. The zero-order chi connectivity index (χ0) is 12.6. The Labute approximate surface area is 103 Å². The monoisotopic (exact) mass is 257 g/mol. The fraction of sp³-hybridized carbons (Fsp3) is 0.500. The third kappa shape index (κ3) is 2.39. The SMILES string of the molecule is FC1(F)Oc2ccc(CC3CNCCO3)cc2O1. The lowest BCUT2D eigenvalue weighted by Crippen LogP contribution is -2.39. The Hall–Kier alpha value is -1.40. The summed E-state index contributed by atoms with van der Waals surface area (Å²) >= 11 is 0. The van der Waals surface area contributed by atoms with Gasteiger partial charge in [0.2, 0.25) is 0 Å². The van der Waals surface area contributed by atoms with E-state index in [-0.39, 0.29) is 17.6 Å². The van der Waals surface area contributed by atoms with Gasteiger partial charge in [0.15, 0.2) is 11.5 Å². The minimum absolute atomic E-state index is 0.0691. The predicted octanol–water partition coefficient (Wildman–Crippen LogP) is 1.54. The molecule has 1 unspecified atom stereocenters. The number of benzene rings is 1. The highest BCUT2D eigenvalue weighted by Crippen LogP contribution is 2.41. The quantitative estimate of drug-likeness (QED) is 0.872. The summed E-state index contributed by atoms with van der Waals surface area (Å²) in [5.41, 5.74) is 0.892. The number of fused-ring (bicyclic) bond motifs is 1. The van der Waals surface area contributed by atoms with Gasteiger partial charge >= 0.3 is 6.29 Å². The van der Waals surface area contributed by atoms with Gasteiger partial charge in [-0.2, -0.15) is 0 Å². The fourth-order valence-electron chi connectivity index (χ4n) is 2.13. The molecule has 4 nitrogen and oxygen atoms in total. The fourth-order valence-corrected chi connectivity index (χ4v) is 2.13. The highest BCUT2D eigenvalue weighted by atomic mass is 19.3. The van der Waals surface area contributed by atoms with Gasteiger partial charge < -0.3 is 19.5 Å². The van der Waals surface area contributed by atoms with Crippen LogP contribution in [0.3, 0.4) is 0 Å². The van der Waals surface area contributed by atoms with Gasteiger partial charge in [0.05, 0.1) is 12.7 Å². The molecule has 2 aliphatic heterocycles. The molecule has 1 aromatic rings. The molecule has 3 rings (SSSR count). The van der Waals surface area contributed by atoms with E-state index in [1.165, 1.54) is 6.07 Å². The number of morpholine rings is 1. The Bertz CT molecular complexity index is 447. The predicted molar refractivity (Wildman–Crippen MR) is 59.0 cm³/mol. The standard InChI is InChI=1S/C12H13F2NO3/c13-12(14)17-10-2-1-8(6-11(10)18-12)5-9-7-15-3-4-16-9/h1-2,6,9,15H,3-5,7H2. The molecule has 0 radical (unpaired) electrons. The molecule has 98 valence electrons. The maximum Gasteiger partial charge on any atom is 0.586 e. The Balaban J connectivity index is 1.71. The molecule has 0 saturated carbocycles. The summed E-state index contributed by atoms with van der Waals surface area (Å²) in [6.45, 7) is 2.29. The average molecular weight is 257 g/mol. The van der Waals surface area contributed by atoms with Gasteiger partial charge in [-0.15, -0.1) is 8.78 Å².